The summed E-state index contributed by atoms with van der Waals surface area (Å²) in [5.41, 5.74) is 2.59. The predicted molar refractivity (Wildman–Crippen MR) is 65.7 cm³/mol. The molecule has 1 aromatic rings. The monoisotopic (exact) mass is 224 g/mol. The maximum atomic E-state index is 5.96. The molecule has 0 spiro atoms. The van der Waals surface area contributed by atoms with Gasteiger partial charge in [-0.05, 0) is 50.6 Å². The highest BCUT2D eigenvalue weighted by Crippen LogP contribution is 2.29. The summed E-state index contributed by atoms with van der Waals surface area (Å²) in [5.74, 6) is 0. The van der Waals surface area contributed by atoms with Crippen LogP contribution in [0.15, 0.2) is 18.2 Å². The predicted octanol–water partition coefficient (Wildman–Crippen LogP) is 2.67. The van der Waals surface area contributed by atoms with Gasteiger partial charge < -0.3 is 10.6 Å². The normalized spacial score (nSPS) is 20.9. The Kier molecular flexibility index (Phi) is 3.17. The number of benzene rings is 1. The van der Waals surface area contributed by atoms with Gasteiger partial charge in [-0.3, -0.25) is 0 Å². The maximum Gasteiger partial charge on any atom is 0.0410 e. The van der Waals surface area contributed by atoms with Crippen LogP contribution in [-0.4, -0.2) is 19.1 Å². The molecule has 2 unspecified atom stereocenters. The maximum absolute atomic E-state index is 5.96. The Labute approximate surface area is 96.0 Å². The van der Waals surface area contributed by atoms with E-state index in [9.17, 15) is 0 Å². The Morgan fingerprint density at radius 2 is 2.40 bits per heavy atom. The number of hydrogen-bond donors (Lipinski definition) is 2. The number of hydrogen-bond acceptors (Lipinski definition) is 2. The molecule has 2 atom stereocenters. The Balaban J connectivity index is 2.03. The first-order valence-electron chi connectivity index (χ1n) is 5.41. The van der Waals surface area contributed by atoms with Crippen molar-refractivity contribution in [2.75, 3.05) is 12.4 Å². The first-order chi connectivity index (χ1) is 7.19. The molecule has 2 N–H and O–H groups in total. The van der Waals surface area contributed by atoms with Gasteiger partial charge in [-0.1, -0.05) is 11.6 Å². The van der Waals surface area contributed by atoms with E-state index < -0.39 is 0 Å². The van der Waals surface area contributed by atoms with Crippen molar-refractivity contribution in [3.63, 3.8) is 0 Å². The fourth-order valence-electron chi connectivity index (χ4n) is 2.10. The summed E-state index contributed by atoms with van der Waals surface area (Å²) in [6.07, 6.45) is 2.23. The SMILES string of the molecule is CNC(C)CC1Cc2cc(Cl)ccc2N1. The van der Waals surface area contributed by atoms with Crippen LogP contribution in [-0.2, 0) is 6.42 Å². The van der Waals surface area contributed by atoms with Gasteiger partial charge in [0.25, 0.3) is 0 Å². The molecule has 1 aliphatic heterocycles. The molecule has 3 heteroatoms. The van der Waals surface area contributed by atoms with Crippen molar-refractivity contribution in [2.24, 2.45) is 0 Å². The van der Waals surface area contributed by atoms with Gasteiger partial charge in [0, 0.05) is 22.8 Å². The van der Waals surface area contributed by atoms with Gasteiger partial charge in [-0.25, -0.2) is 0 Å². The largest absolute Gasteiger partial charge is 0.382 e. The van der Waals surface area contributed by atoms with E-state index in [4.69, 9.17) is 11.6 Å². The number of rotatable bonds is 3. The van der Waals surface area contributed by atoms with Gasteiger partial charge in [0.05, 0.1) is 0 Å². The molecule has 1 aliphatic rings. The number of anilines is 1. The molecule has 15 heavy (non-hydrogen) atoms. The van der Waals surface area contributed by atoms with Crippen LogP contribution in [0.1, 0.15) is 18.9 Å². The number of nitrogens with one attached hydrogen (secondary N) is 2. The Bertz CT molecular complexity index is 351. The molecule has 1 heterocycles. The van der Waals surface area contributed by atoms with E-state index in [0.717, 1.165) is 17.9 Å². The molecule has 2 rings (SSSR count). The molecule has 82 valence electrons. The van der Waals surface area contributed by atoms with Crippen LogP contribution >= 0.6 is 11.6 Å². The molecule has 0 radical (unpaired) electrons. The zero-order valence-electron chi connectivity index (χ0n) is 9.18. The topological polar surface area (TPSA) is 24.1 Å². The summed E-state index contributed by atoms with van der Waals surface area (Å²) >= 11 is 5.96. The van der Waals surface area contributed by atoms with E-state index in [0.29, 0.717) is 12.1 Å². The Morgan fingerprint density at radius 1 is 1.60 bits per heavy atom. The van der Waals surface area contributed by atoms with Crippen molar-refractivity contribution in [1.82, 2.24) is 5.32 Å². The fraction of sp³-hybridized carbons (Fsp3) is 0.500. The van der Waals surface area contributed by atoms with Gasteiger partial charge in [0.15, 0.2) is 0 Å². The van der Waals surface area contributed by atoms with Gasteiger partial charge in [0.1, 0.15) is 0 Å². The van der Waals surface area contributed by atoms with E-state index in [1.807, 2.05) is 13.1 Å². The highest BCUT2D eigenvalue weighted by molar-refractivity contribution is 6.30. The molecular formula is C12H17ClN2. The van der Waals surface area contributed by atoms with Crippen LogP contribution in [0.3, 0.4) is 0 Å². The summed E-state index contributed by atoms with van der Waals surface area (Å²) in [6.45, 7) is 2.21. The third kappa shape index (κ3) is 2.44. The number of halogens is 1. The molecule has 0 saturated carbocycles. The standard InChI is InChI=1S/C12H17ClN2/c1-8(14-2)5-11-7-9-6-10(13)3-4-12(9)15-11/h3-4,6,8,11,14-15H,5,7H2,1-2H3. The lowest BCUT2D eigenvalue weighted by atomic mass is 10.0. The Morgan fingerprint density at radius 3 is 3.13 bits per heavy atom. The molecule has 0 aliphatic carbocycles. The molecule has 0 fully saturated rings. The fourth-order valence-corrected chi connectivity index (χ4v) is 2.29. The minimum absolute atomic E-state index is 0.543. The quantitative estimate of drug-likeness (QED) is 0.825. The summed E-state index contributed by atoms with van der Waals surface area (Å²) in [5, 5.41) is 7.62. The molecule has 2 nitrogen and oxygen atoms in total. The van der Waals surface area contributed by atoms with Crippen LogP contribution in [0.2, 0.25) is 5.02 Å². The van der Waals surface area contributed by atoms with Crippen molar-refractivity contribution in [2.45, 2.75) is 31.8 Å². The zero-order chi connectivity index (χ0) is 10.8. The highest BCUT2D eigenvalue weighted by Gasteiger charge is 2.21. The average molecular weight is 225 g/mol. The van der Waals surface area contributed by atoms with Crippen LogP contribution in [0.25, 0.3) is 0 Å². The van der Waals surface area contributed by atoms with Crippen molar-refractivity contribution in [1.29, 1.82) is 0 Å². The first-order valence-corrected chi connectivity index (χ1v) is 5.79. The highest BCUT2D eigenvalue weighted by atomic mass is 35.5. The van der Waals surface area contributed by atoms with Crippen molar-refractivity contribution < 1.29 is 0 Å². The summed E-state index contributed by atoms with van der Waals surface area (Å²) in [4.78, 5) is 0. The van der Waals surface area contributed by atoms with E-state index in [1.165, 1.54) is 11.3 Å². The third-order valence-corrected chi connectivity index (χ3v) is 3.26. The second kappa shape index (κ2) is 4.42. The average Bonchev–Trinajstić information content (AvgIpc) is 2.59. The second-order valence-corrected chi connectivity index (χ2v) is 4.71. The molecule has 0 aromatic heterocycles. The van der Waals surface area contributed by atoms with Gasteiger partial charge in [0.2, 0.25) is 0 Å². The van der Waals surface area contributed by atoms with Gasteiger partial charge in [-0.2, -0.15) is 0 Å². The van der Waals surface area contributed by atoms with E-state index >= 15 is 0 Å². The first kappa shape index (κ1) is 10.8. The van der Waals surface area contributed by atoms with Crippen molar-refractivity contribution in [3.8, 4) is 0 Å². The lowest BCUT2D eigenvalue weighted by Gasteiger charge is -2.16. The van der Waals surface area contributed by atoms with E-state index in [2.05, 4.69) is 29.7 Å². The van der Waals surface area contributed by atoms with Gasteiger partial charge in [-0.15, -0.1) is 0 Å². The smallest absolute Gasteiger partial charge is 0.0410 e. The lowest BCUT2D eigenvalue weighted by molar-refractivity contribution is 0.518. The summed E-state index contributed by atoms with van der Waals surface area (Å²) in [7, 11) is 2.00. The minimum atomic E-state index is 0.543. The zero-order valence-corrected chi connectivity index (χ0v) is 9.93. The van der Waals surface area contributed by atoms with Crippen LogP contribution in [0.5, 0.6) is 0 Å². The van der Waals surface area contributed by atoms with Crippen LogP contribution in [0.4, 0.5) is 5.69 Å². The van der Waals surface area contributed by atoms with Gasteiger partial charge >= 0.3 is 0 Å². The minimum Gasteiger partial charge on any atom is -0.382 e. The molecular weight excluding hydrogens is 208 g/mol. The molecule has 0 bridgehead atoms. The van der Waals surface area contributed by atoms with E-state index in [-0.39, 0.29) is 0 Å². The van der Waals surface area contributed by atoms with E-state index in [1.54, 1.807) is 0 Å². The number of fused-ring (bicyclic) bond motifs is 1. The molecule has 0 saturated heterocycles. The molecule has 0 amide bonds. The van der Waals surface area contributed by atoms with Crippen molar-refractivity contribution >= 4 is 17.3 Å². The Hall–Kier alpha value is -0.730. The third-order valence-electron chi connectivity index (χ3n) is 3.02. The summed E-state index contributed by atoms with van der Waals surface area (Å²) < 4.78 is 0. The van der Waals surface area contributed by atoms with Crippen LogP contribution < -0.4 is 10.6 Å². The molecule has 1 aromatic carbocycles. The second-order valence-electron chi connectivity index (χ2n) is 4.27. The van der Waals surface area contributed by atoms with Crippen LogP contribution in [0, 0.1) is 0 Å². The summed E-state index contributed by atoms with van der Waals surface area (Å²) in [6, 6.07) is 7.17. The van der Waals surface area contributed by atoms with Crippen molar-refractivity contribution in [3.05, 3.63) is 28.8 Å². The lowest BCUT2D eigenvalue weighted by Crippen LogP contribution is -2.29.